The van der Waals surface area contributed by atoms with E-state index in [2.05, 4.69) is 20.7 Å². The zero-order valence-electron chi connectivity index (χ0n) is 16.6. The summed E-state index contributed by atoms with van der Waals surface area (Å²) in [5, 5.41) is 10.6. The molecule has 1 unspecified atom stereocenters. The molecule has 2 heterocycles. The van der Waals surface area contributed by atoms with Crippen molar-refractivity contribution in [2.75, 3.05) is 17.2 Å². The molecular weight excluding hydrogens is 366 g/mol. The van der Waals surface area contributed by atoms with Crippen LogP contribution in [0.4, 0.5) is 11.6 Å². The Labute approximate surface area is 169 Å². The summed E-state index contributed by atoms with van der Waals surface area (Å²) in [6, 6.07) is 15.1. The lowest BCUT2D eigenvalue weighted by atomic mass is 9.94. The van der Waals surface area contributed by atoms with Gasteiger partial charge in [0.25, 0.3) is 5.91 Å². The van der Waals surface area contributed by atoms with E-state index in [1.165, 1.54) is 6.33 Å². The molecule has 2 N–H and O–H groups in total. The van der Waals surface area contributed by atoms with Gasteiger partial charge in [-0.25, -0.2) is 4.68 Å². The maximum absolute atomic E-state index is 13.4. The molecule has 148 valence electrons. The number of hydrogen-bond acceptors (Lipinski definition) is 5. The number of nitrogens with one attached hydrogen (secondary N) is 2. The van der Waals surface area contributed by atoms with Crippen molar-refractivity contribution in [1.29, 1.82) is 0 Å². The summed E-state index contributed by atoms with van der Waals surface area (Å²) in [6.07, 6.45) is 1.49. The van der Waals surface area contributed by atoms with Crippen LogP contribution < -0.4 is 15.4 Å². The van der Waals surface area contributed by atoms with E-state index in [-0.39, 0.29) is 11.9 Å². The van der Waals surface area contributed by atoms with E-state index >= 15 is 0 Å². The van der Waals surface area contributed by atoms with Crippen LogP contribution in [-0.4, -0.2) is 27.3 Å². The molecule has 0 saturated heterocycles. The quantitative estimate of drug-likeness (QED) is 0.691. The smallest absolute Gasteiger partial charge is 0.255 e. The van der Waals surface area contributed by atoms with Crippen molar-refractivity contribution in [3.05, 3.63) is 77.3 Å². The number of allylic oxidation sites excluding steroid dienone is 1. The predicted octanol–water partition coefficient (Wildman–Crippen LogP) is 3.91. The van der Waals surface area contributed by atoms with E-state index in [1.54, 1.807) is 4.68 Å². The fraction of sp³-hybridized carbons (Fsp3) is 0.227. The molecule has 0 radical (unpaired) electrons. The monoisotopic (exact) mass is 389 g/mol. The number of rotatable bonds is 5. The first-order chi connectivity index (χ1) is 14.1. The molecule has 0 aliphatic carbocycles. The molecule has 1 aromatic heterocycles. The molecule has 7 nitrogen and oxygen atoms in total. The van der Waals surface area contributed by atoms with Gasteiger partial charge in [0.05, 0.1) is 17.9 Å². The van der Waals surface area contributed by atoms with Crippen LogP contribution in [0.25, 0.3) is 0 Å². The van der Waals surface area contributed by atoms with Crippen molar-refractivity contribution in [3.8, 4) is 5.75 Å². The minimum absolute atomic E-state index is 0.214. The number of carbonyl (C=O) groups excluding carboxylic acids is 1. The average Bonchev–Trinajstić information content (AvgIpc) is 3.17. The molecule has 2 aromatic carbocycles. The van der Waals surface area contributed by atoms with Gasteiger partial charge >= 0.3 is 0 Å². The Bertz CT molecular complexity index is 1070. The Balaban J connectivity index is 1.74. The van der Waals surface area contributed by atoms with Gasteiger partial charge in [-0.2, -0.15) is 10.1 Å². The van der Waals surface area contributed by atoms with E-state index in [1.807, 2.05) is 69.3 Å². The number of amides is 1. The third kappa shape index (κ3) is 3.59. The predicted molar refractivity (Wildman–Crippen MR) is 112 cm³/mol. The van der Waals surface area contributed by atoms with Crippen LogP contribution in [0.5, 0.6) is 5.75 Å². The summed E-state index contributed by atoms with van der Waals surface area (Å²) < 4.78 is 7.38. The second kappa shape index (κ2) is 7.79. The zero-order chi connectivity index (χ0) is 20.4. The molecular formula is C22H23N5O2. The molecule has 29 heavy (non-hydrogen) atoms. The highest BCUT2D eigenvalue weighted by Gasteiger charge is 2.33. The summed E-state index contributed by atoms with van der Waals surface area (Å²) in [4.78, 5) is 17.7. The molecule has 0 saturated carbocycles. The van der Waals surface area contributed by atoms with Gasteiger partial charge in [0, 0.05) is 5.70 Å². The van der Waals surface area contributed by atoms with Gasteiger partial charge < -0.3 is 15.4 Å². The van der Waals surface area contributed by atoms with Crippen LogP contribution in [0.1, 0.15) is 31.0 Å². The van der Waals surface area contributed by atoms with Gasteiger partial charge in [0.15, 0.2) is 0 Å². The standard InChI is InChI=1S/C22H23N5O2/c1-4-29-18-8-6-5-7-17(18)26-21(28)19-15(3)25-22-23-13-24-27(22)20(19)16-11-9-14(2)10-12-16/h5-13,20H,4H2,1-3H3,(H,26,28)(H,23,24,25). The minimum atomic E-state index is -0.381. The molecule has 1 amide bonds. The zero-order valence-corrected chi connectivity index (χ0v) is 16.6. The maximum Gasteiger partial charge on any atom is 0.255 e. The molecule has 7 heteroatoms. The minimum Gasteiger partial charge on any atom is -0.492 e. The fourth-order valence-electron chi connectivity index (χ4n) is 3.48. The first-order valence-corrected chi connectivity index (χ1v) is 9.55. The van der Waals surface area contributed by atoms with Gasteiger partial charge in [-0.1, -0.05) is 42.0 Å². The lowest BCUT2D eigenvalue weighted by Gasteiger charge is -2.29. The van der Waals surface area contributed by atoms with Crippen molar-refractivity contribution in [2.24, 2.45) is 0 Å². The molecule has 0 bridgehead atoms. The van der Waals surface area contributed by atoms with Crippen molar-refractivity contribution in [2.45, 2.75) is 26.8 Å². The molecule has 4 rings (SSSR count). The third-order valence-corrected chi connectivity index (χ3v) is 4.87. The molecule has 1 aliphatic heterocycles. The highest BCUT2D eigenvalue weighted by Crippen LogP contribution is 2.36. The fourth-order valence-corrected chi connectivity index (χ4v) is 3.48. The lowest BCUT2D eigenvalue weighted by molar-refractivity contribution is -0.113. The summed E-state index contributed by atoms with van der Waals surface area (Å²) >= 11 is 0. The Morgan fingerprint density at radius 1 is 1.17 bits per heavy atom. The topological polar surface area (TPSA) is 81.1 Å². The average molecular weight is 389 g/mol. The van der Waals surface area contributed by atoms with Crippen LogP contribution in [0.15, 0.2) is 66.1 Å². The molecule has 1 atom stereocenters. The maximum atomic E-state index is 13.4. The summed E-state index contributed by atoms with van der Waals surface area (Å²) in [5.74, 6) is 1.03. The normalized spacial score (nSPS) is 15.5. The van der Waals surface area contributed by atoms with Gasteiger partial charge in [-0.3, -0.25) is 4.79 Å². The van der Waals surface area contributed by atoms with Crippen molar-refractivity contribution < 1.29 is 9.53 Å². The number of ether oxygens (including phenoxy) is 1. The Morgan fingerprint density at radius 2 is 1.93 bits per heavy atom. The second-order valence-corrected chi connectivity index (χ2v) is 6.89. The van der Waals surface area contributed by atoms with Crippen LogP contribution in [0.3, 0.4) is 0 Å². The third-order valence-electron chi connectivity index (χ3n) is 4.87. The molecule has 0 spiro atoms. The Hall–Kier alpha value is -3.61. The Kier molecular flexibility index (Phi) is 5.03. The molecule has 0 fully saturated rings. The van der Waals surface area contributed by atoms with E-state index in [0.29, 0.717) is 29.6 Å². The SMILES string of the molecule is CCOc1ccccc1NC(=O)C1=C(C)Nc2ncnn2C1c1ccc(C)cc1. The van der Waals surface area contributed by atoms with Crippen molar-refractivity contribution in [1.82, 2.24) is 14.8 Å². The number of benzene rings is 2. The first kappa shape index (κ1) is 18.7. The number of aromatic nitrogens is 3. The van der Waals surface area contributed by atoms with E-state index in [4.69, 9.17) is 4.74 Å². The number of anilines is 2. The first-order valence-electron chi connectivity index (χ1n) is 9.55. The van der Waals surface area contributed by atoms with Crippen LogP contribution >= 0.6 is 0 Å². The van der Waals surface area contributed by atoms with Crippen molar-refractivity contribution in [3.63, 3.8) is 0 Å². The van der Waals surface area contributed by atoms with Crippen LogP contribution in [0, 0.1) is 6.92 Å². The number of nitrogens with zero attached hydrogens (tertiary/aromatic N) is 3. The number of aryl methyl sites for hydroxylation is 1. The van der Waals surface area contributed by atoms with Gasteiger partial charge in [0.1, 0.15) is 18.1 Å². The number of hydrogen-bond donors (Lipinski definition) is 2. The number of carbonyl (C=O) groups is 1. The Morgan fingerprint density at radius 3 is 2.69 bits per heavy atom. The number of para-hydroxylation sites is 2. The largest absolute Gasteiger partial charge is 0.492 e. The van der Waals surface area contributed by atoms with Crippen LogP contribution in [0.2, 0.25) is 0 Å². The highest BCUT2D eigenvalue weighted by molar-refractivity contribution is 6.06. The summed E-state index contributed by atoms with van der Waals surface area (Å²) in [5.41, 5.74) is 4.07. The van der Waals surface area contributed by atoms with E-state index in [9.17, 15) is 4.79 Å². The second-order valence-electron chi connectivity index (χ2n) is 6.89. The van der Waals surface area contributed by atoms with Crippen LogP contribution in [-0.2, 0) is 4.79 Å². The summed E-state index contributed by atoms with van der Waals surface area (Å²) in [7, 11) is 0. The molecule has 3 aromatic rings. The van der Waals surface area contributed by atoms with E-state index in [0.717, 1.165) is 16.8 Å². The summed E-state index contributed by atoms with van der Waals surface area (Å²) in [6.45, 7) is 6.34. The highest BCUT2D eigenvalue weighted by atomic mass is 16.5. The van der Waals surface area contributed by atoms with Gasteiger partial charge in [-0.15, -0.1) is 0 Å². The number of fused-ring (bicyclic) bond motifs is 1. The van der Waals surface area contributed by atoms with E-state index < -0.39 is 0 Å². The van der Waals surface area contributed by atoms with Gasteiger partial charge in [-0.05, 0) is 38.5 Å². The van der Waals surface area contributed by atoms with Gasteiger partial charge in [0.2, 0.25) is 5.95 Å². The lowest BCUT2D eigenvalue weighted by Crippen LogP contribution is -2.31. The van der Waals surface area contributed by atoms with Crippen molar-refractivity contribution >= 4 is 17.5 Å². The molecule has 1 aliphatic rings.